The van der Waals surface area contributed by atoms with Gasteiger partial charge in [0.05, 0.1) is 11.3 Å². The number of ether oxygens (including phenoxy) is 2. The summed E-state index contributed by atoms with van der Waals surface area (Å²) in [5, 5.41) is 4.65. The Hall–Kier alpha value is -2.83. The molecule has 3 aliphatic rings. The number of nitrogens with zero attached hydrogens (tertiary/aromatic N) is 3. The fraction of sp³-hybridized carbons (Fsp3) is 0.522. The van der Waals surface area contributed by atoms with Gasteiger partial charge in [-0.15, -0.1) is 0 Å². The Morgan fingerprint density at radius 2 is 1.90 bits per heavy atom. The van der Waals surface area contributed by atoms with Crippen LogP contribution in [-0.2, 0) is 19.4 Å². The second kappa shape index (κ2) is 8.13. The number of hydrogen-bond donors (Lipinski definition) is 0. The molecule has 1 aromatic carbocycles. The number of carbonyl (C=O) groups excluding carboxylic acids is 1. The Morgan fingerprint density at radius 3 is 2.77 bits per heavy atom. The topological polar surface area (TPSA) is 73.7 Å². The molecule has 0 N–H and O–H groups in total. The van der Waals surface area contributed by atoms with Crippen molar-refractivity contribution in [3.8, 4) is 11.5 Å². The van der Waals surface area contributed by atoms with Gasteiger partial charge in [-0.25, -0.2) is 4.68 Å². The van der Waals surface area contributed by atoms with E-state index in [2.05, 4.69) is 5.10 Å². The quantitative estimate of drug-likeness (QED) is 0.779. The SMILES string of the molecule is O=C(c1cccc2c1OCCO2)N1CCC(Cn2nc3c(cc2=O)CCCC3)CC1. The van der Waals surface area contributed by atoms with Crippen molar-refractivity contribution in [2.24, 2.45) is 5.92 Å². The Balaban J connectivity index is 1.24. The van der Waals surface area contributed by atoms with Crippen molar-refractivity contribution in [3.63, 3.8) is 0 Å². The number of piperidine rings is 1. The standard InChI is InChI=1S/C23H27N3O4/c27-21-14-17-4-1-2-6-19(17)24-26(21)15-16-8-10-25(11-9-16)23(28)18-5-3-7-20-22(18)30-13-12-29-20/h3,5,7,14,16H,1-2,4,6,8-13,15H2. The summed E-state index contributed by atoms with van der Waals surface area (Å²) in [5.74, 6) is 1.53. The fourth-order valence-electron chi connectivity index (χ4n) is 4.71. The summed E-state index contributed by atoms with van der Waals surface area (Å²) in [5.41, 5.74) is 2.78. The Kier molecular flexibility index (Phi) is 5.19. The molecule has 0 spiro atoms. The summed E-state index contributed by atoms with van der Waals surface area (Å²) >= 11 is 0. The van der Waals surface area contributed by atoms with Crippen LogP contribution in [0.2, 0.25) is 0 Å². The fourth-order valence-corrected chi connectivity index (χ4v) is 4.71. The van der Waals surface area contributed by atoms with Crippen LogP contribution in [0.5, 0.6) is 11.5 Å². The monoisotopic (exact) mass is 409 g/mol. The smallest absolute Gasteiger partial charge is 0.267 e. The molecule has 1 aliphatic carbocycles. The maximum absolute atomic E-state index is 13.1. The molecule has 0 radical (unpaired) electrons. The molecule has 1 amide bonds. The van der Waals surface area contributed by atoms with Crippen molar-refractivity contribution < 1.29 is 14.3 Å². The molecular weight excluding hydrogens is 382 g/mol. The van der Waals surface area contributed by atoms with Crippen LogP contribution in [0.1, 0.15) is 47.3 Å². The molecule has 30 heavy (non-hydrogen) atoms. The van der Waals surface area contributed by atoms with Gasteiger partial charge in [-0.2, -0.15) is 5.10 Å². The lowest BCUT2D eigenvalue weighted by Crippen LogP contribution is -2.40. The van der Waals surface area contributed by atoms with Crippen LogP contribution < -0.4 is 15.0 Å². The van der Waals surface area contributed by atoms with Crippen LogP contribution >= 0.6 is 0 Å². The van der Waals surface area contributed by atoms with Crippen LogP contribution in [0.3, 0.4) is 0 Å². The van der Waals surface area contributed by atoms with Gasteiger partial charge in [0.25, 0.3) is 11.5 Å². The third-order valence-electron chi connectivity index (χ3n) is 6.40. The van der Waals surface area contributed by atoms with Gasteiger partial charge in [0.1, 0.15) is 13.2 Å². The highest BCUT2D eigenvalue weighted by Crippen LogP contribution is 2.35. The second-order valence-corrected chi connectivity index (χ2v) is 8.41. The maximum atomic E-state index is 13.1. The van der Waals surface area contributed by atoms with E-state index in [1.807, 2.05) is 17.0 Å². The largest absolute Gasteiger partial charge is 0.486 e. The number of carbonyl (C=O) groups is 1. The molecular formula is C23H27N3O4. The zero-order valence-corrected chi connectivity index (χ0v) is 17.1. The lowest BCUT2D eigenvalue weighted by molar-refractivity contribution is 0.0670. The van der Waals surface area contributed by atoms with E-state index in [1.165, 1.54) is 0 Å². The number of hydrogen-bond acceptors (Lipinski definition) is 5. The molecule has 7 heteroatoms. The lowest BCUT2D eigenvalue weighted by Gasteiger charge is -2.33. The number of benzene rings is 1. The van der Waals surface area contributed by atoms with E-state index in [-0.39, 0.29) is 11.5 Å². The minimum absolute atomic E-state index is 0.00205. The van der Waals surface area contributed by atoms with Crippen molar-refractivity contribution in [2.75, 3.05) is 26.3 Å². The van der Waals surface area contributed by atoms with Crippen molar-refractivity contribution in [1.82, 2.24) is 14.7 Å². The van der Waals surface area contributed by atoms with Crippen molar-refractivity contribution >= 4 is 5.91 Å². The highest BCUT2D eigenvalue weighted by Gasteiger charge is 2.28. The molecule has 7 nitrogen and oxygen atoms in total. The molecule has 158 valence electrons. The summed E-state index contributed by atoms with van der Waals surface area (Å²) in [7, 11) is 0. The van der Waals surface area contributed by atoms with Gasteiger partial charge in [-0.3, -0.25) is 9.59 Å². The van der Waals surface area contributed by atoms with Gasteiger partial charge in [0.15, 0.2) is 11.5 Å². The van der Waals surface area contributed by atoms with E-state index in [0.717, 1.165) is 49.8 Å². The van der Waals surface area contributed by atoms with Crippen molar-refractivity contribution in [3.05, 3.63) is 51.4 Å². The van der Waals surface area contributed by atoms with Crippen LogP contribution in [0, 0.1) is 5.92 Å². The Bertz CT molecular complexity index is 1010. The summed E-state index contributed by atoms with van der Waals surface area (Å²) in [6.45, 7) is 2.95. The molecule has 2 aromatic rings. The van der Waals surface area contributed by atoms with Crippen molar-refractivity contribution in [1.29, 1.82) is 0 Å². The van der Waals surface area contributed by atoms with Gasteiger partial charge in [-0.05, 0) is 62.1 Å². The normalized spacial score (nSPS) is 18.7. The van der Waals surface area contributed by atoms with E-state index >= 15 is 0 Å². The summed E-state index contributed by atoms with van der Waals surface area (Å²) in [6.07, 6.45) is 5.96. The van der Waals surface area contributed by atoms with Gasteiger partial charge in [0.2, 0.25) is 0 Å². The molecule has 3 heterocycles. The maximum Gasteiger partial charge on any atom is 0.267 e. The molecule has 0 unspecified atom stereocenters. The van der Waals surface area contributed by atoms with Crippen LogP contribution in [-0.4, -0.2) is 46.9 Å². The third-order valence-corrected chi connectivity index (χ3v) is 6.40. The van der Waals surface area contributed by atoms with E-state index in [0.29, 0.717) is 55.8 Å². The minimum atomic E-state index is -0.0140. The lowest BCUT2D eigenvalue weighted by atomic mass is 9.95. The number of aromatic nitrogens is 2. The first-order chi connectivity index (χ1) is 14.7. The van der Waals surface area contributed by atoms with Gasteiger partial charge >= 0.3 is 0 Å². The summed E-state index contributed by atoms with van der Waals surface area (Å²) < 4.78 is 13.0. The van der Waals surface area contributed by atoms with E-state index in [9.17, 15) is 9.59 Å². The first-order valence-electron chi connectivity index (χ1n) is 11.0. The summed E-state index contributed by atoms with van der Waals surface area (Å²) in [6, 6.07) is 7.25. The number of aryl methyl sites for hydroxylation is 2. The van der Waals surface area contributed by atoms with Gasteiger partial charge < -0.3 is 14.4 Å². The Morgan fingerprint density at radius 1 is 1.10 bits per heavy atom. The van der Waals surface area contributed by atoms with Gasteiger partial charge in [-0.1, -0.05) is 6.07 Å². The Labute approximate surface area is 175 Å². The first kappa shape index (κ1) is 19.2. The average molecular weight is 409 g/mol. The van der Waals surface area contributed by atoms with E-state index in [4.69, 9.17) is 9.47 Å². The molecule has 1 fully saturated rings. The van der Waals surface area contributed by atoms with E-state index < -0.39 is 0 Å². The first-order valence-corrected chi connectivity index (χ1v) is 11.0. The predicted octanol–water partition coefficient (Wildman–Crippen LogP) is 2.45. The second-order valence-electron chi connectivity index (χ2n) is 8.41. The molecule has 0 bridgehead atoms. The van der Waals surface area contributed by atoms with Crippen LogP contribution in [0.25, 0.3) is 0 Å². The summed E-state index contributed by atoms with van der Waals surface area (Å²) in [4.78, 5) is 27.4. The van der Waals surface area contributed by atoms with E-state index in [1.54, 1.807) is 16.8 Å². The molecule has 0 saturated carbocycles. The van der Waals surface area contributed by atoms with Crippen LogP contribution in [0.15, 0.2) is 29.1 Å². The molecule has 5 rings (SSSR count). The molecule has 1 aromatic heterocycles. The number of fused-ring (bicyclic) bond motifs is 2. The zero-order chi connectivity index (χ0) is 20.5. The zero-order valence-electron chi connectivity index (χ0n) is 17.1. The highest BCUT2D eigenvalue weighted by atomic mass is 16.6. The number of rotatable bonds is 3. The predicted molar refractivity (Wildman–Crippen MR) is 111 cm³/mol. The van der Waals surface area contributed by atoms with Crippen molar-refractivity contribution in [2.45, 2.75) is 45.1 Å². The minimum Gasteiger partial charge on any atom is -0.486 e. The number of likely N-dealkylation sites (tertiary alicyclic amines) is 1. The third kappa shape index (κ3) is 3.68. The highest BCUT2D eigenvalue weighted by molar-refractivity contribution is 5.98. The number of para-hydroxylation sites is 1. The molecule has 1 saturated heterocycles. The molecule has 2 aliphatic heterocycles. The van der Waals surface area contributed by atoms with Crippen LogP contribution in [0.4, 0.5) is 0 Å². The average Bonchev–Trinajstić information content (AvgIpc) is 2.79. The van der Waals surface area contributed by atoms with Gasteiger partial charge in [0, 0.05) is 25.7 Å². The number of amides is 1. The molecule has 0 atom stereocenters.